The molecule has 4 heterocycles. The lowest BCUT2D eigenvalue weighted by Gasteiger charge is -2.27. The molecule has 0 saturated heterocycles. The van der Waals surface area contributed by atoms with Gasteiger partial charge in [0.1, 0.15) is 31.3 Å². The highest BCUT2D eigenvalue weighted by Crippen LogP contribution is 2.32. The van der Waals surface area contributed by atoms with Crippen molar-refractivity contribution in [3.05, 3.63) is 146 Å². The third-order valence-electron chi connectivity index (χ3n) is 7.21. The minimum absolute atomic E-state index is 0.830. The standard InChI is InChI=1S/C34H30N6Si/c1-41(2,29-19-15-27(16-20-29)39(31-11-3-7-23-35-31)32-12-4-8-24-36-32)30-21-17-28(18-22-30)40(33-13-5-9-25-37-33)34-14-6-10-26-38-34/h3-26H,1-2H3. The van der Waals surface area contributed by atoms with Gasteiger partial charge in [-0.1, -0.05) is 72.0 Å². The number of rotatable bonds is 8. The van der Waals surface area contributed by atoms with Gasteiger partial charge in [0.15, 0.2) is 0 Å². The number of hydrogen-bond acceptors (Lipinski definition) is 6. The van der Waals surface area contributed by atoms with E-state index in [1.165, 1.54) is 10.4 Å². The highest BCUT2D eigenvalue weighted by Gasteiger charge is 2.27. The summed E-state index contributed by atoms with van der Waals surface area (Å²) >= 11 is 0. The summed E-state index contributed by atoms with van der Waals surface area (Å²) < 4.78 is 0. The smallest absolute Gasteiger partial charge is 0.138 e. The third kappa shape index (κ3) is 5.48. The van der Waals surface area contributed by atoms with E-state index in [4.69, 9.17) is 0 Å². The van der Waals surface area contributed by atoms with E-state index in [1.54, 1.807) is 0 Å². The Kier molecular flexibility index (Phi) is 7.34. The molecule has 0 fully saturated rings. The first-order valence-corrected chi connectivity index (χ1v) is 16.6. The molecule has 41 heavy (non-hydrogen) atoms. The normalized spacial score (nSPS) is 11.2. The Bertz CT molecular complexity index is 1470. The van der Waals surface area contributed by atoms with Crippen molar-refractivity contribution in [3.8, 4) is 0 Å². The Morgan fingerprint density at radius 3 is 0.927 bits per heavy atom. The number of pyridine rings is 4. The lowest BCUT2D eigenvalue weighted by molar-refractivity contribution is 1.13. The van der Waals surface area contributed by atoms with Gasteiger partial charge in [0.05, 0.1) is 0 Å². The Morgan fingerprint density at radius 1 is 0.390 bits per heavy atom. The molecule has 200 valence electrons. The van der Waals surface area contributed by atoms with Crippen molar-refractivity contribution < 1.29 is 0 Å². The summed E-state index contributed by atoms with van der Waals surface area (Å²) in [7, 11) is -1.99. The second-order valence-corrected chi connectivity index (χ2v) is 14.5. The predicted octanol–water partition coefficient (Wildman–Crippen LogP) is 7.03. The van der Waals surface area contributed by atoms with Crippen LogP contribution in [0.1, 0.15) is 0 Å². The van der Waals surface area contributed by atoms with E-state index in [9.17, 15) is 0 Å². The summed E-state index contributed by atoms with van der Waals surface area (Å²) in [5.74, 6) is 3.32. The van der Waals surface area contributed by atoms with Gasteiger partial charge in [-0.3, -0.25) is 9.80 Å². The fourth-order valence-electron chi connectivity index (χ4n) is 4.93. The van der Waals surface area contributed by atoms with Crippen LogP contribution in [0.25, 0.3) is 0 Å². The zero-order valence-corrected chi connectivity index (χ0v) is 24.0. The van der Waals surface area contributed by atoms with E-state index in [2.05, 4.69) is 91.4 Å². The van der Waals surface area contributed by atoms with Crippen LogP contribution in [0.2, 0.25) is 13.1 Å². The van der Waals surface area contributed by atoms with E-state index in [1.807, 2.05) is 97.6 Å². The molecule has 6 rings (SSSR count). The van der Waals surface area contributed by atoms with Crippen molar-refractivity contribution in [2.24, 2.45) is 0 Å². The summed E-state index contributed by atoms with van der Waals surface area (Å²) in [6.45, 7) is 4.78. The molecule has 0 aliphatic carbocycles. The Balaban J connectivity index is 1.30. The molecular formula is C34H30N6Si. The van der Waals surface area contributed by atoms with Gasteiger partial charge in [-0.2, -0.15) is 0 Å². The van der Waals surface area contributed by atoms with Gasteiger partial charge in [0, 0.05) is 36.2 Å². The molecule has 4 aromatic heterocycles. The van der Waals surface area contributed by atoms with Crippen LogP contribution in [-0.2, 0) is 0 Å². The zero-order chi connectivity index (χ0) is 28.1. The minimum Gasteiger partial charge on any atom is -0.279 e. The second kappa shape index (κ2) is 11.5. The molecule has 0 saturated carbocycles. The molecule has 0 spiro atoms. The Hall–Kier alpha value is -5.14. The van der Waals surface area contributed by atoms with Crippen molar-refractivity contribution in [2.75, 3.05) is 9.80 Å². The molecule has 0 radical (unpaired) electrons. The average molecular weight is 551 g/mol. The fraction of sp³-hybridized carbons (Fsp3) is 0.0588. The molecule has 0 N–H and O–H groups in total. The van der Waals surface area contributed by atoms with Crippen LogP contribution in [0.4, 0.5) is 34.6 Å². The van der Waals surface area contributed by atoms with Crippen molar-refractivity contribution in [3.63, 3.8) is 0 Å². The van der Waals surface area contributed by atoms with Crippen molar-refractivity contribution in [1.29, 1.82) is 0 Å². The molecular weight excluding hydrogens is 521 g/mol. The van der Waals surface area contributed by atoms with Crippen molar-refractivity contribution >= 4 is 53.1 Å². The third-order valence-corrected chi connectivity index (χ3v) is 10.8. The summed E-state index contributed by atoms with van der Waals surface area (Å²) in [6, 6.07) is 41.4. The maximum atomic E-state index is 4.60. The van der Waals surface area contributed by atoms with E-state index >= 15 is 0 Å². The largest absolute Gasteiger partial charge is 0.279 e. The lowest BCUT2D eigenvalue weighted by Crippen LogP contribution is -2.52. The van der Waals surface area contributed by atoms with Crippen LogP contribution in [0.15, 0.2) is 146 Å². The zero-order valence-electron chi connectivity index (χ0n) is 23.0. The van der Waals surface area contributed by atoms with E-state index < -0.39 is 8.07 Å². The molecule has 0 atom stereocenters. The molecule has 0 bridgehead atoms. The van der Waals surface area contributed by atoms with Gasteiger partial charge in [0.25, 0.3) is 0 Å². The van der Waals surface area contributed by atoms with Crippen LogP contribution in [0, 0.1) is 0 Å². The van der Waals surface area contributed by atoms with Crippen molar-refractivity contribution in [1.82, 2.24) is 19.9 Å². The van der Waals surface area contributed by atoms with Crippen molar-refractivity contribution in [2.45, 2.75) is 13.1 Å². The quantitative estimate of drug-likeness (QED) is 0.190. The summed E-state index contributed by atoms with van der Waals surface area (Å²) in [6.07, 6.45) is 7.23. The lowest BCUT2D eigenvalue weighted by atomic mass is 10.2. The van der Waals surface area contributed by atoms with E-state index in [0.717, 1.165) is 34.6 Å². The molecule has 0 aliphatic heterocycles. The van der Waals surface area contributed by atoms with Crippen LogP contribution in [-0.4, -0.2) is 28.0 Å². The van der Waals surface area contributed by atoms with E-state index in [-0.39, 0.29) is 0 Å². The number of nitrogens with zero attached hydrogens (tertiary/aromatic N) is 6. The first-order valence-electron chi connectivity index (χ1n) is 13.6. The molecule has 0 unspecified atom stereocenters. The highest BCUT2D eigenvalue weighted by atomic mass is 28.3. The van der Waals surface area contributed by atoms with Gasteiger partial charge in [-0.05, 0) is 72.8 Å². The molecule has 0 amide bonds. The molecule has 0 aliphatic rings. The SMILES string of the molecule is C[Si](C)(c1ccc(N(c2ccccn2)c2ccccn2)cc1)c1ccc(N(c2ccccn2)c2ccccn2)cc1. The number of anilines is 6. The summed E-state index contributed by atoms with van der Waals surface area (Å²) in [5.41, 5.74) is 2.04. The molecule has 6 nitrogen and oxygen atoms in total. The second-order valence-electron chi connectivity index (χ2n) is 10.1. The summed E-state index contributed by atoms with van der Waals surface area (Å²) in [5, 5.41) is 2.70. The number of hydrogen-bond donors (Lipinski definition) is 0. The van der Waals surface area contributed by atoms with Crippen LogP contribution >= 0.6 is 0 Å². The fourth-order valence-corrected chi connectivity index (χ4v) is 7.26. The van der Waals surface area contributed by atoms with Crippen LogP contribution in [0.5, 0.6) is 0 Å². The van der Waals surface area contributed by atoms with Gasteiger partial charge < -0.3 is 0 Å². The van der Waals surface area contributed by atoms with Gasteiger partial charge in [-0.15, -0.1) is 0 Å². The van der Waals surface area contributed by atoms with Gasteiger partial charge in [0.2, 0.25) is 0 Å². The maximum absolute atomic E-state index is 4.60. The van der Waals surface area contributed by atoms with Gasteiger partial charge in [-0.25, -0.2) is 19.9 Å². The van der Waals surface area contributed by atoms with Crippen LogP contribution in [0.3, 0.4) is 0 Å². The minimum atomic E-state index is -1.99. The molecule has 6 aromatic rings. The average Bonchev–Trinajstić information content (AvgIpc) is 3.04. The van der Waals surface area contributed by atoms with Crippen LogP contribution < -0.4 is 20.2 Å². The predicted molar refractivity (Wildman–Crippen MR) is 170 cm³/mol. The molecule has 2 aromatic carbocycles. The first-order chi connectivity index (χ1) is 20.1. The topological polar surface area (TPSA) is 58.0 Å². The summed E-state index contributed by atoms with van der Waals surface area (Å²) in [4.78, 5) is 22.6. The van der Waals surface area contributed by atoms with Gasteiger partial charge >= 0.3 is 0 Å². The molecule has 7 heteroatoms. The Labute approximate surface area is 241 Å². The number of benzene rings is 2. The monoisotopic (exact) mass is 550 g/mol. The first kappa shape index (κ1) is 26.1. The highest BCUT2D eigenvalue weighted by molar-refractivity contribution is 7.00. The van der Waals surface area contributed by atoms with E-state index in [0.29, 0.717) is 0 Å². The number of aromatic nitrogens is 4. The Morgan fingerprint density at radius 2 is 0.683 bits per heavy atom. The maximum Gasteiger partial charge on any atom is 0.138 e.